The summed E-state index contributed by atoms with van der Waals surface area (Å²) in [4.78, 5) is 38.7. The Labute approximate surface area is 159 Å². The van der Waals surface area contributed by atoms with Crippen molar-refractivity contribution in [3.63, 3.8) is 0 Å². The molecule has 1 aliphatic rings. The quantitative estimate of drug-likeness (QED) is 0.789. The van der Waals surface area contributed by atoms with Gasteiger partial charge in [-0.15, -0.1) is 0 Å². The van der Waals surface area contributed by atoms with Gasteiger partial charge in [0.1, 0.15) is 0 Å². The first kappa shape index (κ1) is 20.9. The van der Waals surface area contributed by atoms with Crippen LogP contribution in [0.25, 0.3) is 0 Å². The number of carbonyl (C=O) groups excluding carboxylic acids is 2. The van der Waals surface area contributed by atoms with Gasteiger partial charge in [0.05, 0.1) is 12.5 Å². The molecule has 0 radical (unpaired) electrons. The molecular weight excluding hydrogens is 348 g/mol. The largest absolute Gasteiger partial charge is 0.479 e. The molecule has 148 valence electrons. The molecule has 1 saturated heterocycles. The number of carboxylic acid groups (broad SMARTS) is 1. The van der Waals surface area contributed by atoms with Gasteiger partial charge >= 0.3 is 5.97 Å². The summed E-state index contributed by atoms with van der Waals surface area (Å²) in [7, 11) is 1.39. The molecule has 0 saturated carbocycles. The number of amides is 2. The Balaban J connectivity index is 2.09. The van der Waals surface area contributed by atoms with Gasteiger partial charge in [-0.25, -0.2) is 4.79 Å². The van der Waals surface area contributed by atoms with E-state index in [9.17, 15) is 19.5 Å². The van der Waals surface area contributed by atoms with Crippen LogP contribution in [0.2, 0.25) is 0 Å². The molecule has 2 unspecified atom stereocenters. The van der Waals surface area contributed by atoms with Crippen molar-refractivity contribution in [3.05, 3.63) is 34.9 Å². The lowest BCUT2D eigenvalue weighted by molar-refractivity contribution is -0.150. The van der Waals surface area contributed by atoms with E-state index in [4.69, 9.17) is 4.74 Å². The zero-order chi connectivity index (χ0) is 20.2. The molecule has 0 spiro atoms. The summed E-state index contributed by atoms with van der Waals surface area (Å²) >= 11 is 0. The number of hydrogen-bond acceptors (Lipinski definition) is 4. The van der Waals surface area contributed by atoms with Crippen LogP contribution in [0.4, 0.5) is 0 Å². The Hall–Kier alpha value is -2.41. The number of carboxylic acids is 1. The van der Waals surface area contributed by atoms with E-state index in [-0.39, 0.29) is 25.0 Å². The van der Waals surface area contributed by atoms with Crippen LogP contribution in [-0.2, 0) is 14.3 Å². The number of rotatable bonds is 6. The summed E-state index contributed by atoms with van der Waals surface area (Å²) in [6.07, 6.45) is 1.31. The second kappa shape index (κ2) is 8.52. The van der Waals surface area contributed by atoms with Crippen LogP contribution in [0.1, 0.15) is 41.3 Å². The minimum atomic E-state index is -1.49. The Morgan fingerprint density at radius 1 is 1.26 bits per heavy atom. The fourth-order valence-electron chi connectivity index (χ4n) is 3.47. The normalized spacial score (nSPS) is 19.3. The Bertz CT molecular complexity index is 713. The molecule has 0 aromatic heterocycles. The van der Waals surface area contributed by atoms with Crippen molar-refractivity contribution in [2.45, 2.75) is 39.2 Å². The topological polar surface area (TPSA) is 95.9 Å². The Morgan fingerprint density at radius 3 is 2.44 bits per heavy atom. The number of aliphatic carboxylic acids is 1. The van der Waals surface area contributed by atoms with Gasteiger partial charge in [-0.05, 0) is 45.7 Å². The standard InChI is InChI=1S/C20H28N2O5/c1-13-8-14(2)10-16(9-13)18(24)22-7-5-6-15(11-22)17(23)21-20(3,12-27-4)19(25)26/h8-10,15H,5-7,11-12H2,1-4H3,(H,21,23)(H,25,26). The van der Waals surface area contributed by atoms with Gasteiger partial charge in [0.2, 0.25) is 5.91 Å². The highest BCUT2D eigenvalue weighted by Gasteiger charge is 2.38. The minimum Gasteiger partial charge on any atom is -0.479 e. The highest BCUT2D eigenvalue weighted by molar-refractivity contribution is 5.95. The van der Waals surface area contributed by atoms with Gasteiger partial charge in [-0.2, -0.15) is 0 Å². The molecule has 27 heavy (non-hydrogen) atoms. The Morgan fingerprint density at radius 2 is 1.89 bits per heavy atom. The van der Waals surface area contributed by atoms with Crippen LogP contribution >= 0.6 is 0 Å². The monoisotopic (exact) mass is 376 g/mol. The number of methoxy groups -OCH3 is 1. The molecule has 1 fully saturated rings. The predicted octanol–water partition coefficient (Wildman–Crippen LogP) is 1.76. The summed E-state index contributed by atoms with van der Waals surface area (Å²) in [6.45, 7) is 6.03. The molecule has 1 aromatic rings. The second-order valence-electron chi connectivity index (χ2n) is 7.53. The van der Waals surface area contributed by atoms with E-state index in [1.807, 2.05) is 32.0 Å². The first-order chi connectivity index (χ1) is 12.7. The van der Waals surface area contributed by atoms with Crippen LogP contribution < -0.4 is 5.32 Å². The molecule has 2 N–H and O–H groups in total. The minimum absolute atomic E-state index is 0.0998. The molecular formula is C20H28N2O5. The first-order valence-electron chi connectivity index (χ1n) is 9.08. The summed E-state index contributed by atoms with van der Waals surface area (Å²) in [5, 5.41) is 12.0. The number of likely N-dealkylation sites (tertiary alicyclic amines) is 1. The van der Waals surface area contributed by atoms with Gasteiger partial charge in [-0.1, -0.05) is 17.2 Å². The van der Waals surface area contributed by atoms with Crippen molar-refractivity contribution in [3.8, 4) is 0 Å². The smallest absolute Gasteiger partial charge is 0.331 e. The van der Waals surface area contributed by atoms with Crippen LogP contribution in [0.5, 0.6) is 0 Å². The number of benzene rings is 1. The number of nitrogens with zero attached hydrogens (tertiary/aromatic N) is 1. The van der Waals surface area contributed by atoms with E-state index in [2.05, 4.69) is 5.32 Å². The van der Waals surface area contributed by atoms with Crippen molar-refractivity contribution in [2.75, 3.05) is 26.8 Å². The number of nitrogens with one attached hydrogen (secondary N) is 1. The van der Waals surface area contributed by atoms with Crippen LogP contribution in [0.3, 0.4) is 0 Å². The molecule has 7 heteroatoms. The van der Waals surface area contributed by atoms with E-state index >= 15 is 0 Å². The maximum Gasteiger partial charge on any atom is 0.331 e. The lowest BCUT2D eigenvalue weighted by Gasteiger charge is -2.34. The fourth-order valence-corrected chi connectivity index (χ4v) is 3.47. The van der Waals surface area contributed by atoms with Gasteiger partial charge in [-0.3, -0.25) is 9.59 Å². The number of ether oxygens (including phenoxy) is 1. The van der Waals surface area contributed by atoms with Gasteiger partial charge < -0.3 is 20.1 Å². The zero-order valence-corrected chi connectivity index (χ0v) is 16.4. The second-order valence-corrected chi connectivity index (χ2v) is 7.53. The van der Waals surface area contributed by atoms with Crippen molar-refractivity contribution in [2.24, 2.45) is 5.92 Å². The third-order valence-corrected chi connectivity index (χ3v) is 4.85. The van der Waals surface area contributed by atoms with Crippen molar-refractivity contribution < 1.29 is 24.2 Å². The van der Waals surface area contributed by atoms with Crippen molar-refractivity contribution in [1.82, 2.24) is 10.2 Å². The van der Waals surface area contributed by atoms with Crippen LogP contribution in [-0.4, -0.2) is 60.1 Å². The van der Waals surface area contributed by atoms with Gasteiger partial charge in [0, 0.05) is 25.8 Å². The molecule has 2 atom stereocenters. The molecule has 0 bridgehead atoms. The average molecular weight is 376 g/mol. The summed E-state index contributed by atoms with van der Waals surface area (Å²) in [5.74, 6) is -2.06. The number of piperidine rings is 1. The fraction of sp³-hybridized carbons (Fsp3) is 0.550. The number of carbonyl (C=O) groups is 3. The average Bonchev–Trinajstić information content (AvgIpc) is 2.60. The lowest BCUT2D eigenvalue weighted by atomic mass is 9.94. The summed E-state index contributed by atoms with van der Waals surface area (Å²) < 4.78 is 4.94. The summed E-state index contributed by atoms with van der Waals surface area (Å²) in [5.41, 5.74) is 1.15. The molecule has 1 aliphatic heterocycles. The number of aryl methyl sites for hydroxylation is 2. The van der Waals surface area contributed by atoms with Crippen molar-refractivity contribution >= 4 is 17.8 Å². The van der Waals surface area contributed by atoms with E-state index in [1.165, 1.54) is 14.0 Å². The third-order valence-electron chi connectivity index (χ3n) is 4.85. The maximum absolute atomic E-state index is 12.8. The van der Waals surface area contributed by atoms with Gasteiger partial charge in [0.15, 0.2) is 5.54 Å². The SMILES string of the molecule is COCC(C)(NC(=O)C1CCCN(C(=O)c2cc(C)cc(C)c2)C1)C(=O)O. The van der Waals surface area contributed by atoms with E-state index in [1.54, 1.807) is 4.90 Å². The van der Waals surface area contributed by atoms with E-state index in [0.29, 0.717) is 24.9 Å². The highest BCUT2D eigenvalue weighted by atomic mass is 16.5. The molecule has 2 amide bonds. The molecule has 2 rings (SSSR count). The predicted molar refractivity (Wildman–Crippen MR) is 101 cm³/mol. The Kier molecular flexibility index (Phi) is 6.59. The van der Waals surface area contributed by atoms with Gasteiger partial charge in [0.25, 0.3) is 5.91 Å². The summed E-state index contributed by atoms with van der Waals surface area (Å²) in [6, 6.07) is 5.70. The lowest BCUT2D eigenvalue weighted by Crippen LogP contribution is -2.58. The number of hydrogen-bond donors (Lipinski definition) is 2. The van der Waals surface area contributed by atoms with E-state index < -0.39 is 17.4 Å². The molecule has 0 aliphatic carbocycles. The molecule has 1 heterocycles. The third kappa shape index (κ3) is 5.07. The van der Waals surface area contributed by atoms with Crippen LogP contribution in [0, 0.1) is 19.8 Å². The molecule has 7 nitrogen and oxygen atoms in total. The first-order valence-corrected chi connectivity index (χ1v) is 9.08. The van der Waals surface area contributed by atoms with Crippen molar-refractivity contribution in [1.29, 1.82) is 0 Å². The highest BCUT2D eigenvalue weighted by Crippen LogP contribution is 2.21. The van der Waals surface area contributed by atoms with E-state index in [0.717, 1.165) is 11.1 Å². The van der Waals surface area contributed by atoms with Crippen LogP contribution in [0.15, 0.2) is 18.2 Å². The molecule has 1 aromatic carbocycles. The maximum atomic E-state index is 12.8. The zero-order valence-electron chi connectivity index (χ0n) is 16.4.